The Kier molecular flexibility index (Phi) is 3.59. The summed E-state index contributed by atoms with van der Waals surface area (Å²) < 4.78 is 1.98. The second-order valence-corrected chi connectivity index (χ2v) is 4.98. The number of anilines is 1. The average molecular weight is 260 g/mol. The van der Waals surface area contributed by atoms with E-state index in [1.54, 1.807) is 6.33 Å². The SMILES string of the molecule is CNc1ncnc2c1cnn2CCN1CCCCC1. The minimum absolute atomic E-state index is 0.842. The molecule has 0 aliphatic carbocycles. The number of rotatable bonds is 4. The largest absolute Gasteiger partial charge is 0.372 e. The summed E-state index contributed by atoms with van der Waals surface area (Å²) in [6.45, 7) is 4.38. The van der Waals surface area contributed by atoms with Gasteiger partial charge >= 0.3 is 0 Å². The lowest BCUT2D eigenvalue weighted by Gasteiger charge is -2.26. The standard InChI is InChI=1S/C13H20N6/c1-14-12-11-9-17-19(13(11)16-10-15-12)8-7-18-5-3-2-4-6-18/h9-10H,2-8H2,1H3,(H,14,15,16). The molecule has 0 bridgehead atoms. The van der Waals surface area contributed by atoms with Crippen LogP contribution in [-0.2, 0) is 6.54 Å². The molecule has 3 heterocycles. The molecule has 6 heteroatoms. The summed E-state index contributed by atoms with van der Waals surface area (Å²) in [5.74, 6) is 0.842. The molecule has 2 aromatic rings. The topological polar surface area (TPSA) is 58.9 Å². The average Bonchev–Trinajstić information content (AvgIpc) is 2.89. The molecule has 3 rings (SSSR count). The molecule has 0 radical (unpaired) electrons. The van der Waals surface area contributed by atoms with Crippen LogP contribution in [0.4, 0.5) is 5.82 Å². The van der Waals surface area contributed by atoms with Crippen molar-refractivity contribution < 1.29 is 0 Å². The summed E-state index contributed by atoms with van der Waals surface area (Å²) in [4.78, 5) is 11.1. The predicted molar refractivity (Wildman–Crippen MR) is 75.2 cm³/mol. The number of piperidine rings is 1. The highest BCUT2D eigenvalue weighted by Gasteiger charge is 2.12. The first kappa shape index (κ1) is 12.3. The van der Waals surface area contributed by atoms with Crippen molar-refractivity contribution in [2.24, 2.45) is 0 Å². The van der Waals surface area contributed by atoms with E-state index >= 15 is 0 Å². The van der Waals surface area contributed by atoms with E-state index in [0.29, 0.717) is 0 Å². The molecule has 1 fully saturated rings. The Hall–Kier alpha value is -1.69. The summed E-state index contributed by atoms with van der Waals surface area (Å²) >= 11 is 0. The lowest BCUT2D eigenvalue weighted by atomic mass is 10.1. The van der Waals surface area contributed by atoms with E-state index in [1.807, 2.05) is 17.9 Å². The molecule has 102 valence electrons. The highest BCUT2D eigenvalue weighted by molar-refractivity contribution is 5.85. The van der Waals surface area contributed by atoms with Gasteiger partial charge in [0.1, 0.15) is 12.1 Å². The minimum atomic E-state index is 0.842. The number of likely N-dealkylation sites (tertiary alicyclic amines) is 1. The maximum Gasteiger partial charge on any atom is 0.163 e. The molecule has 0 unspecified atom stereocenters. The Balaban J connectivity index is 1.74. The third kappa shape index (κ3) is 2.53. The molecule has 6 nitrogen and oxygen atoms in total. The fraction of sp³-hybridized carbons (Fsp3) is 0.615. The van der Waals surface area contributed by atoms with Gasteiger partial charge in [0.2, 0.25) is 0 Å². The van der Waals surface area contributed by atoms with Crippen molar-refractivity contribution in [3.05, 3.63) is 12.5 Å². The Labute approximate surface area is 112 Å². The van der Waals surface area contributed by atoms with Crippen molar-refractivity contribution in [2.75, 3.05) is 32.0 Å². The summed E-state index contributed by atoms with van der Waals surface area (Å²) in [6.07, 6.45) is 7.46. The van der Waals surface area contributed by atoms with Crippen LogP contribution in [0.3, 0.4) is 0 Å². The van der Waals surface area contributed by atoms with Crippen LogP contribution in [0.1, 0.15) is 19.3 Å². The smallest absolute Gasteiger partial charge is 0.163 e. The molecular weight excluding hydrogens is 240 g/mol. The Bertz CT molecular complexity index is 543. The van der Waals surface area contributed by atoms with Crippen LogP contribution in [-0.4, -0.2) is 51.3 Å². The van der Waals surface area contributed by atoms with Gasteiger partial charge in [0.15, 0.2) is 5.65 Å². The molecule has 0 amide bonds. The van der Waals surface area contributed by atoms with Crippen LogP contribution in [0.5, 0.6) is 0 Å². The molecule has 1 aliphatic rings. The number of nitrogens with zero attached hydrogens (tertiary/aromatic N) is 5. The van der Waals surface area contributed by atoms with Crippen LogP contribution in [0.15, 0.2) is 12.5 Å². The van der Waals surface area contributed by atoms with Gasteiger partial charge in [-0.2, -0.15) is 5.10 Å². The van der Waals surface area contributed by atoms with Gasteiger partial charge in [-0.05, 0) is 25.9 Å². The van der Waals surface area contributed by atoms with Crippen molar-refractivity contribution in [3.8, 4) is 0 Å². The first-order valence-corrected chi connectivity index (χ1v) is 6.95. The molecule has 1 N–H and O–H groups in total. The third-order valence-corrected chi connectivity index (χ3v) is 3.75. The van der Waals surface area contributed by atoms with E-state index in [9.17, 15) is 0 Å². The van der Waals surface area contributed by atoms with E-state index in [2.05, 4.69) is 25.3 Å². The van der Waals surface area contributed by atoms with Crippen LogP contribution in [0.25, 0.3) is 11.0 Å². The summed E-state index contributed by atoms with van der Waals surface area (Å²) in [6, 6.07) is 0. The monoisotopic (exact) mass is 260 g/mol. The fourth-order valence-electron chi connectivity index (χ4n) is 2.67. The molecule has 0 saturated carbocycles. The van der Waals surface area contributed by atoms with Gasteiger partial charge in [-0.1, -0.05) is 6.42 Å². The lowest BCUT2D eigenvalue weighted by molar-refractivity contribution is 0.219. The van der Waals surface area contributed by atoms with Gasteiger partial charge in [-0.3, -0.25) is 0 Å². The van der Waals surface area contributed by atoms with E-state index in [1.165, 1.54) is 32.4 Å². The van der Waals surface area contributed by atoms with Gasteiger partial charge < -0.3 is 10.2 Å². The van der Waals surface area contributed by atoms with Crippen LogP contribution in [0.2, 0.25) is 0 Å². The second-order valence-electron chi connectivity index (χ2n) is 4.98. The van der Waals surface area contributed by atoms with Crippen LogP contribution >= 0.6 is 0 Å². The van der Waals surface area contributed by atoms with Gasteiger partial charge in [0, 0.05) is 13.6 Å². The molecule has 2 aromatic heterocycles. The lowest BCUT2D eigenvalue weighted by Crippen LogP contribution is -2.32. The Morgan fingerprint density at radius 3 is 2.79 bits per heavy atom. The first-order valence-electron chi connectivity index (χ1n) is 6.95. The van der Waals surface area contributed by atoms with E-state index in [0.717, 1.165) is 29.9 Å². The number of fused-ring (bicyclic) bond motifs is 1. The summed E-state index contributed by atoms with van der Waals surface area (Å²) in [5, 5.41) is 8.50. The number of hydrogen-bond acceptors (Lipinski definition) is 5. The molecular formula is C13H20N6. The van der Waals surface area contributed by atoms with Gasteiger partial charge in [0.25, 0.3) is 0 Å². The van der Waals surface area contributed by atoms with Crippen molar-refractivity contribution >= 4 is 16.9 Å². The zero-order valence-electron chi connectivity index (χ0n) is 11.3. The third-order valence-electron chi connectivity index (χ3n) is 3.75. The molecule has 0 aromatic carbocycles. The van der Waals surface area contributed by atoms with Gasteiger partial charge in [0.05, 0.1) is 18.1 Å². The van der Waals surface area contributed by atoms with Crippen molar-refractivity contribution in [1.82, 2.24) is 24.6 Å². The van der Waals surface area contributed by atoms with Crippen molar-refractivity contribution in [3.63, 3.8) is 0 Å². The fourth-order valence-corrected chi connectivity index (χ4v) is 2.67. The van der Waals surface area contributed by atoms with E-state index in [4.69, 9.17) is 0 Å². The normalized spacial score (nSPS) is 16.9. The summed E-state index contributed by atoms with van der Waals surface area (Å²) in [5.41, 5.74) is 0.913. The minimum Gasteiger partial charge on any atom is -0.372 e. The number of nitrogens with one attached hydrogen (secondary N) is 1. The van der Waals surface area contributed by atoms with Crippen LogP contribution in [0, 0.1) is 0 Å². The Morgan fingerprint density at radius 1 is 1.16 bits per heavy atom. The highest BCUT2D eigenvalue weighted by atomic mass is 15.3. The van der Waals surface area contributed by atoms with E-state index in [-0.39, 0.29) is 0 Å². The molecule has 1 saturated heterocycles. The van der Waals surface area contributed by atoms with Crippen molar-refractivity contribution in [1.29, 1.82) is 0 Å². The maximum absolute atomic E-state index is 4.44. The molecule has 0 spiro atoms. The quantitative estimate of drug-likeness (QED) is 0.899. The van der Waals surface area contributed by atoms with Crippen molar-refractivity contribution in [2.45, 2.75) is 25.8 Å². The van der Waals surface area contributed by atoms with E-state index < -0.39 is 0 Å². The number of hydrogen-bond donors (Lipinski definition) is 1. The zero-order chi connectivity index (χ0) is 13.1. The van der Waals surface area contributed by atoms with Gasteiger partial charge in [-0.25, -0.2) is 14.6 Å². The maximum atomic E-state index is 4.44. The predicted octanol–water partition coefficient (Wildman–Crippen LogP) is 1.35. The summed E-state index contributed by atoms with van der Waals surface area (Å²) in [7, 11) is 1.87. The van der Waals surface area contributed by atoms with Gasteiger partial charge in [-0.15, -0.1) is 0 Å². The highest BCUT2D eigenvalue weighted by Crippen LogP contribution is 2.18. The molecule has 1 aliphatic heterocycles. The molecule has 0 atom stereocenters. The Morgan fingerprint density at radius 2 is 2.00 bits per heavy atom. The zero-order valence-corrected chi connectivity index (χ0v) is 11.3. The first-order chi connectivity index (χ1) is 9.38. The second kappa shape index (κ2) is 5.52. The van der Waals surface area contributed by atoms with Crippen LogP contribution < -0.4 is 5.32 Å². The number of aromatic nitrogens is 4. The molecule has 19 heavy (non-hydrogen) atoms.